The number of hydrogen-bond donors (Lipinski definition) is 1. The van der Waals surface area contributed by atoms with Gasteiger partial charge in [0, 0.05) is 7.11 Å². The van der Waals surface area contributed by atoms with Crippen LogP contribution in [-0.4, -0.2) is 22.9 Å². The minimum absolute atomic E-state index is 0.294. The lowest BCUT2D eigenvalue weighted by Crippen LogP contribution is -2.39. The highest BCUT2D eigenvalue weighted by molar-refractivity contribution is 5.06. The van der Waals surface area contributed by atoms with Gasteiger partial charge < -0.3 is 15.0 Å². The number of methoxy groups -OCH3 is 1. The van der Waals surface area contributed by atoms with Gasteiger partial charge in [-0.15, -0.1) is 0 Å². The summed E-state index contributed by atoms with van der Waals surface area (Å²) in [5, 5.41) is 4.06. The standard InChI is InChI=1S/C13H23N3O2/c1-12(2,17-3)9-10-15-11(16-18-10)13(14)7-5-4-6-8-13/h4-9,14H2,1-3H3. The Kier molecular flexibility index (Phi) is 3.73. The van der Waals surface area contributed by atoms with Crippen molar-refractivity contribution in [2.24, 2.45) is 5.73 Å². The van der Waals surface area contributed by atoms with E-state index >= 15 is 0 Å². The number of ether oxygens (including phenoxy) is 1. The predicted octanol–water partition coefficient (Wildman–Crippen LogP) is 2.16. The number of aromatic nitrogens is 2. The molecule has 0 radical (unpaired) electrons. The Bertz CT molecular complexity index is 395. The molecule has 0 aliphatic heterocycles. The van der Waals surface area contributed by atoms with Crippen LogP contribution in [-0.2, 0) is 16.7 Å². The topological polar surface area (TPSA) is 74.2 Å². The smallest absolute Gasteiger partial charge is 0.229 e. The molecule has 0 atom stereocenters. The van der Waals surface area contributed by atoms with Crippen LogP contribution in [0.2, 0.25) is 0 Å². The van der Waals surface area contributed by atoms with Gasteiger partial charge in [-0.2, -0.15) is 4.98 Å². The lowest BCUT2D eigenvalue weighted by molar-refractivity contribution is 0.0170. The molecule has 1 saturated carbocycles. The summed E-state index contributed by atoms with van der Waals surface area (Å²) >= 11 is 0. The fourth-order valence-corrected chi connectivity index (χ4v) is 2.37. The second kappa shape index (κ2) is 4.97. The summed E-state index contributed by atoms with van der Waals surface area (Å²) in [6.45, 7) is 3.99. The van der Waals surface area contributed by atoms with Gasteiger partial charge in [-0.1, -0.05) is 24.4 Å². The van der Waals surface area contributed by atoms with E-state index in [2.05, 4.69) is 10.1 Å². The predicted molar refractivity (Wildman–Crippen MR) is 68.0 cm³/mol. The molecule has 1 aromatic rings. The highest BCUT2D eigenvalue weighted by atomic mass is 16.5. The van der Waals surface area contributed by atoms with Crippen molar-refractivity contribution >= 4 is 0 Å². The van der Waals surface area contributed by atoms with Gasteiger partial charge in [0.05, 0.1) is 17.6 Å². The molecule has 0 unspecified atom stereocenters. The quantitative estimate of drug-likeness (QED) is 0.890. The Morgan fingerprint density at radius 2 is 2.00 bits per heavy atom. The first-order valence-corrected chi connectivity index (χ1v) is 6.62. The number of hydrogen-bond acceptors (Lipinski definition) is 5. The summed E-state index contributed by atoms with van der Waals surface area (Å²) in [6.07, 6.45) is 6.03. The minimum atomic E-state index is -0.392. The zero-order chi connectivity index (χ0) is 13.2. The van der Waals surface area contributed by atoms with Crippen molar-refractivity contribution in [3.05, 3.63) is 11.7 Å². The monoisotopic (exact) mass is 253 g/mol. The molecule has 0 spiro atoms. The van der Waals surface area contributed by atoms with E-state index < -0.39 is 5.54 Å². The van der Waals surface area contributed by atoms with Gasteiger partial charge >= 0.3 is 0 Å². The van der Waals surface area contributed by atoms with Gasteiger partial charge in [0.25, 0.3) is 0 Å². The molecule has 1 fully saturated rings. The van der Waals surface area contributed by atoms with Crippen LogP contribution in [0.3, 0.4) is 0 Å². The van der Waals surface area contributed by atoms with Crippen molar-refractivity contribution in [2.45, 2.75) is 63.5 Å². The highest BCUT2D eigenvalue weighted by Gasteiger charge is 2.34. The molecule has 1 aromatic heterocycles. The average molecular weight is 253 g/mol. The fraction of sp³-hybridized carbons (Fsp3) is 0.846. The van der Waals surface area contributed by atoms with E-state index in [1.165, 1.54) is 6.42 Å². The van der Waals surface area contributed by atoms with Crippen LogP contribution in [0.1, 0.15) is 57.7 Å². The first kappa shape index (κ1) is 13.5. The Morgan fingerprint density at radius 1 is 1.33 bits per heavy atom. The molecule has 5 heteroatoms. The summed E-state index contributed by atoms with van der Waals surface area (Å²) in [6, 6.07) is 0. The molecule has 2 N–H and O–H groups in total. The van der Waals surface area contributed by atoms with Gasteiger partial charge in [-0.3, -0.25) is 0 Å². The van der Waals surface area contributed by atoms with Crippen molar-refractivity contribution in [3.63, 3.8) is 0 Å². The Balaban J connectivity index is 2.10. The van der Waals surface area contributed by atoms with E-state index in [1.807, 2.05) is 13.8 Å². The van der Waals surface area contributed by atoms with Crippen LogP contribution in [0.5, 0.6) is 0 Å². The molecule has 0 aromatic carbocycles. The molecule has 1 heterocycles. The SMILES string of the molecule is COC(C)(C)Cc1nc(C2(N)CCCCC2)no1. The number of nitrogens with two attached hydrogens (primary N) is 1. The van der Waals surface area contributed by atoms with Crippen molar-refractivity contribution < 1.29 is 9.26 Å². The normalized spacial score (nSPS) is 20.0. The third-order valence-electron chi connectivity index (χ3n) is 3.79. The molecule has 0 amide bonds. The van der Waals surface area contributed by atoms with Crippen LogP contribution in [0.15, 0.2) is 4.52 Å². The van der Waals surface area contributed by atoms with Gasteiger partial charge in [0.2, 0.25) is 5.89 Å². The maximum atomic E-state index is 6.37. The van der Waals surface area contributed by atoms with E-state index in [-0.39, 0.29) is 5.60 Å². The maximum absolute atomic E-state index is 6.37. The minimum Gasteiger partial charge on any atom is -0.378 e. The lowest BCUT2D eigenvalue weighted by Gasteiger charge is -2.29. The second-order valence-electron chi connectivity index (χ2n) is 5.87. The fourth-order valence-electron chi connectivity index (χ4n) is 2.37. The van der Waals surface area contributed by atoms with E-state index in [0.29, 0.717) is 18.1 Å². The lowest BCUT2D eigenvalue weighted by atomic mass is 9.82. The van der Waals surface area contributed by atoms with Gasteiger partial charge in [0.15, 0.2) is 5.82 Å². The molecule has 5 nitrogen and oxygen atoms in total. The summed E-state index contributed by atoms with van der Waals surface area (Å²) < 4.78 is 10.7. The van der Waals surface area contributed by atoms with Crippen molar-refractivity contribution in [1.29, 1.82) is 0 Å². The summed E-state index contributed by atoms with van der Waals surface area (Å²) in [4.78, 5) is 4.46. The zero-order valence-corrected chi connectivity index (χ0v) is 11.5. The largest absolute Gasteiger partial charge is 0.378 e. The molecule has 18 heavy (non-hydrogen) atoms. The third-order valence-corrected chi connectivity index (χ3v) is 3.79. The summed E-state index contributed by atoms with van der Waals surface area (Å²) in [5.41, 5.74) is 5.69. The van der Waals surface area contributed by atoms with Crippen LogP contribution in [0.4, 0.5) is 0 Å². The van der Waals surface area contributed by atoms with Gasteiger partial charge in [-0.25, -0.2) is 0 Å². The Labute approximate surface area is 108 Å². The molecule has 102 valence electrons. The maximum Gasteiger partial charge on any atom is 0.229 e. The second-order valence-corrected chi connectivity index (χ2v) is 5.87. The van der Waals surface area contributed by atoms with Gasteiger partial charge in [-0.05, 0) is 26.7 Å². The van der Waals surface area contributed by atoms with E-state index in [4.69, 9.17) is 15.0 Å². The first-order valence-electron chi connectivity index (χ1n) is 6.62. The van der Waals surface area contributed by atoms with Crippen molar-refractivity contribution in [2.75, 3.05) is 7.11 Å². The zero-order valence-electron chi connectivity index (χ0n) is 11.5. The molecule has 1 aliphatic carbocycles. The summed E-state index contributed by atoms with van der Waals surface area (Å²) in [5.74, 6) is 1.26. The van der Waals surface area contributed by atoms with Crippen LogP contribution < -0.4 is 5.73 Å². The first-order chi connectivity index (χ1) is 8.45. The Hall–Kier alpha value is -0.940. The number of nitrogens with zero attached hydrogens (tertiary/aromatic N) is 2. The molecule has 0 saturated heterocycles. The number of rotatable bonds is 4. The molecular formula is C13H23N3O2. The van der Waals surface area contributed by atoms with E-state index in [9.17, 15) is 0 Å². The molecule has 2 rings (SSSR count). The van der Waals surface area contributed by atoms with Crippen molar-refractivity contribution in [3.8, 4) is 0 Å². The molecular weight excluding hydrogens is 230 g/mol. The molecule has 1 aliphatic rings. The van der Waals surface area contributed by atoms with E-state index in [0.717, 1.165) is 25.7 Å². The van der Waals surface area contributed by atoms with Crippen LogP contribution in [0, 0.1) is 0 Å². The van der Waals surface area contributed by atoms with Crippen LogP contribution >= 0.6 is 0 Å². The Morgan fingerprint density at radius 3 is 2.61 bits per heavy atom. The highest BCUT2D eigenvalue weighted by Crippen LogP contribution is 2.33. The van der Waals surface area contributed by atoms with E-state index in [1.54, 1.807) is 7.11 Å². The third kappa shape index (κ3) is 2.90. The molecule has 0 bridgehead atoms. The van der Waals surface area contributed by atoms with Crippen molar-refractivity contribution in [1.82, 2.24) is 10.1 Å². The van der Waals surface area contributed by atoms with Crippen LogP contribution in [0.25, 0.3) is 0 Å². The van der Waals surface area contributed by atoms with Gasteiger partial charge in [0.1, 0.15) is 0 Å². The summed E-state index contributed by atoms with van der Waals surface area (Å²) in [7, 11) is 1.68. The average Bonchev–Trinajstić information content (AvgIpc) is 2.78.